The molecule has 2 aromatic rings. The minimum Gasteiger partial charge on any atom is -0.494 e. The molecular formula is C19H21FO3. The molecule has 122 valence electrons. The second-order valence-corrected chi connectivity index (χ2v) is 5.60. The van der Waals surface area contributed by atoms with E-state index in [1.165, 1.54) is 29.8 Å². The summed E-state index contributed by atoms with van der Waals surface area (Å²) in [5.74, 6) is -1.01. The van der Waals surface area contributed by atoms with Crippen molar-refractivity contribution in [2.24, 2.45) is 0 Å². The molecule has 0 radical (unpaired) electrons. The minimum atomic E-state index is -0.879. The number of hydrogen-bond acceptors (Lipinski definition) is 2. The molecule has 0 saturated carbocycles. The zero-order valence-electron chi connectivity index (χ0n) is 13.2. The van der Waals surface area contributed by atoms with Crippen molar-refractivity contribution in [3.63, 3.8) is 0 Å². The standard InChI is InChI=1S/C19H21FO3/c1-14-5-11-17(12-6-14)23-13-3-2-4-18(19(21)22)15-7-9-16(20)10-8-15/h5-12,18H,2-4,13H2,1H3,(H,21,22). The van der Waals surface area contributed by atoms with Gasteiger partial charge in [-0.25, -0.2) is 4.39 Å². The lowest BCUT2D eigenvalue weighted by Gasteiger charge is -2.13. The van der Waals surface area contributed by atoms with Gasteiger partial charge in [0, 0.05) is 0 Å². The van der Waals surface area contributed by atoms with Gasteiger partial charge in [0.25, 0.3) is 0 Å². The van der Waals surface area contributed by atoms with Crippen LogP contribution in [0.3, 0.4) is 0 Å². The first-order chi connectivity index (χ1) is 11.1. The number of carboxylic acids is 1. The number of aliphatic carboxylic acids is 1. The number of carboxylic acid groups (broad SMARTS) is 1. The van der Waals surface area contributed by atoms with Crippen LogP contribution in [0.4, 0.5) is 4.39 Å². The summed E-state index contributed by atoms with van der Waals surface area (Å²) in [4.78, 5) is 11.4. The molecule has 0 bridgehead atoms. The molecule has 3 nitrogen and oxygen atoms in total. The first kappa shape index (κ1) is 17.0. The Kier molecular flexibility index (Phi) is 6.15. The highest BCUT2D eigenvalue weighted by molar-refractivity contribution is 5.75. The summed E-state index contributed by atoms with van der Waals surface area (Å²) in [7, 11) is 0. The number of rotatable bonds is 8. The molecule has 0 spiro atoms. The Hall–Kier alpha value is -2.36. The second-order valence-electron chi connectivity index (χ2n) is 5.60. The van der Waals surface area contributed by atoms with Gasteiger partial charge in [-0.15, -0.1) is 0 Å². The minimum absolute atomic E-state index is 0.357. The number of unbranched alkanes of at least 4 members (excludes halogenated alkanes) is 1. The predicted molar refractivity (Wildman–Crippen MR) is 87.3 cm³/mol. The molecule has 1 N–H and O–H groups in total. The van der Waals surface area contributed by atoms with Crippen LogP contribution in [0.5, 0.6) is 5.75 Å². The fourth-order valence-corrected chi connectivity index (χ4v) is 2.40. The van der Waals surface area contributed by atoms with Gasteiger partial charge in [0.2, 0.25) is 0 Å². The van der Waals surface area contributed by atoms with E-state index < -0.39 is 11.9 Å². The van der Waals surface area contributed by atoms with Crippen molar-refractivity contribution < 1.29 is 19.0 Å². The van der Waals surface area contributed by atoms with Gasteiger partial charge in [0.1, 0.15) is 11.6 Å². The summed E-state index contributed by atoms with van der Waals surface area (Å²) in [6, 6.07) is 13.5. The SMILES string of the molecule is Cc1ccc(OCCCCC(C(=O)O)c2ccc(F)cc2)cc1. The predicted octanol–water partition coefficient (Wildman–Crippen LogP) is 4.55. The van der Waals surface area contributed by atoms with Crippen molar-refractivity contribution in [3.05, 3.63) is 65.5 Å². The fraction of sp³-hybridized carbons (Fsp3) is 0.316. The van der Waals surface area contributed by atoms with E-state index in [-0.39, 0.29) is 5.82 Å². The molecular weight excluding hydrogens is 295 g/mol. The highest BCUT2D eigenvalue weighted by Crippen LogP contribution is 2.23. The van der Waals surface area contributed by atoms with Gasteiger partial charge in [0.05, 0.1) is 12.5 Å². The number of hydrogen-bond donors (Lipinski definition) is 1. The Morgan fingerprint density at radius 1 is 1.09 bits per heavy atom. The van der Waals surface area contributed by atoms with Crippen LogP contribution < -0.4 is 4.74 Å². The van der Waals surface area contributed by atoms with E-state index in [9.17, 15) is 14.3 Å². The molecule has 23 heavy (non-hydrogen) atoms. The molecule has 0 heterocycles. The average molecular weight is 316 g/mol. The third-order valence-corrected chi connectivity index (χ3v) is 3.75. The number of carbonyl (C=O) groups is 1. The maximum atomic E-state index is 12.9. The van der Waals surface area contributed by atoms with E-state index in [1.807, 2.05) is 31.2 Å². The second kappa shape index (κ2) is 8.32. The van der Waals surface area contributed by atoms with E-state index in [4.69, 9.17) is 4.74 Å². The molecule has 0 aliphatic rings. The van der Waals surface area contributed by atoms with Crippen LogP contribution >= 0.6 is 0 Å². The van der Waals surface area contributed by atoms with Crippen molar-refractivity contribution >= 4 is 5.97 Å². The van der Waals surface area contributed by atoms with Crippen molar-refractivity contribution in [3.8, 4) is 5.75 Å². The lowest BCUT2D eigenvalue weighted by Crippen LogP contribution is -2.12. The van der Waals surface area contributed by atoms with Crippen LogP contribution in [0, 0.1) is 12.7 Å². The molecule has 0 saturated heterocycles. The van der Waals surface area contributed by atoms with Gasteiger partial charge in [-0.1, -0.05) is 29.8 Å². The number of halogens is 1. The van der Waals surface area contributed by atoms with E-state index in [2.05, 4.69) is 0 Å². The normalized spacial score (nSPS) is 11.9. The number of aryl methyl sites for hydroxylation is 1. The molecule has 1 atom stereocenters. The van der Waals surface area contributed by atoms with E-state index in [0.29, 0.717) is 18.6 Å². The summed E-state index contributed by atoms with van der Waals surface area (Å²) in [6.07, 6.45) is 2.03. The average Bonchev–Trinajstić information content (AvgIpc) is 2.53. The summed E-state index contributed by atoms with van der Waals surface area (Å²) in [6.45, 7) is 2.57. The van der Waals surface area contributed by atoms with Crippen molar-refractivity contribution in [2.75, 3.05) is 6.61 Å². The fourth-order valence-electron chi connectivity index (χ4n) is 2.40. The third kappa shape index (κ3) is 5.40. The van der Waals surface area contributed by atoms with Gasteiger partial charge in [-0.2, -0.15) is 0 Å². The van der Waals surface area contributed by atoms with Crippen LogP contribution in [0.15, 0.2) is 48.5 Å². The Labute approximate surface area is 135 Å². The Morgan fingerprint density at radius 2 is 1.74 bits per heavy atom. The van der Waals surface area contributed by atoms with E-state index in [1.54, 1.807) is 0 Å². The molecule has 0 amide bonds. The van der Waals surface area contributed by atoms with Gasteiger partial charge >= 0.3 is 5.97 Å². The monoisotopic (exact) mass is 316 g/mol. The molecule has 0 aliphatic heterocycles. The van der Waals surface area contributed by atoms with E-state index in [0.717, 1.165) is 18.6 Å². The van der Waals surface area contributed by atoms with Crippen LogP contribution in [-0.2, 0) is 4.79 Å². The largest absolute Gasteiger partial charge is 0.494 e. The van der Waals surface area contributed by atoms with Crippen LogP contribution in [0.25, 0.3) is 0 Å². The lowest BCUT2D eigenvalue weighted by atomic mass is 9.94. The smallest absolute Gasteiger partial charge is 0.310 e. The Morgan fingerprint density at radius 3 is 2.35 bits per heavy atom. The first-order valence-electron chi connectivity index (χ1n) is 7.74. The van der Waals surface area contributed by atoms with Gasteiger partial charge in [0.15, 0.2) is 0 Å². The van der Waals surface area contributed by atoms with Crippen LogP contribution in [-0.4, -0.2) is 17.7 Å². The Bertz CT molecular complexity index is 620. The van der Waals surface area contributed by atoms with Crippen LogP contribution in [0.2, 0.25) is 0 Å². The molecule has 0 aromatic heterocycles. The topological polar surface area (TPSA) is 46.5 Å². The molecule has 0 aliphatic carbocycles. The van der Waals surface area contributed by atoms with Gasteiger partial charge in [-0.3, -0.25) is 4.79 Å². The van der Waals surface area contributed by atoms with Gasteiger partial charge < -0.3 is 9.84 Å². The zero-order valence-corrected chi connectivity index (χ0v) is 13.2. The maximum Gasteiger partial charge on any atom is 0.310 e. The quantitative estimate of drug-likeness (QED) is 0.727. The summed E-state index contributed by atoms with van der Waals surface area (Å²) >= 11 is 0. The van der Waals surface area contributed by atoms with Crippen LogP contribution in [0.1, 0.15) is 36.3 Å². The van der Waals surface area contributed by atoms with Gasteiger partial charge in [-0.05, 0) is 56.0 Å². The number of ether oxygens (including phenoxy) is 1. The van der Waals surface area contributed by atoms with Crippen molar-refractivity contribution in [2.45, 2.75) is 32.1 Å². The van der Waals surface area contributed by atoms with Crippen molar-refractivity contribution in [1.82, 2.24) is 0 Å². The first-order valence-corrected chi connectivity index (χ1v) is 7.74. The highest BCUT2D eigenvalue weighted by Gasteiger charge is 2.19. The molecule has 2 aromatic carbocycles. The summed E-state index contributed by atoms with van der Waals surface area (Å²) < 4.78 is 18.6. The molecule has 1 unspecified atom stereocenters. The van der Waals surface area contributed by atoms with Crippen molar-refractivity contribution in [1.29, 1.82) is 0 Å². The van der Waals surface area contributed by atoms with E-state index >= 15 is 0 Å². The zero-order chi connectivity index (χ0) is 16.7. The maximum absolute atomic E-state index is 12.9. The highest BCUT2D eigenvalue weighted by atomic mass is 19.1. The molecule has 2 rings (SSSR count). The molecule has 4 heteroatoms. The third-order valence-electron chi connectivity index (χ3n) is 3.75. The molecule has 0 fully saturated rings. The Balaban J connectivity index is 1.77. The lowest BCUT2D eigenvalue weighted by molar-refractivity contribution is -0.139. The summed E-state index contributed by atoms with van der Waals surface area (Å²) in [5.41, 5.74) is 1.82. The summed E-state index contributed by atoms with van der Waals surface area (Å²) in [5, 5.41) is 9.33. The number of benzene rings is 2.